The monoisotopic (exact) mass is 454 g/mol. The number of benzene rings is 5. The predicted octanol–water partition coefficient (Wildman–Crippen LogP) is 0.0551. The fourth-order valence-electron chi connectivity index (χ4n) is 5.72. The van der Waals surface area contributed by atoms with Crippen LogP contribution in [0.4, 0.5) is 0 Å². The third-order valence-corrected chi connectivity index (χ3v) is 7.52. The molecular formula is C30H14B6N. The average molecular weight is 453 g/mol. The van der Waals surface area contributed by atoms with Crippen LogP contribution < -0.4 is 38.2 Å². The Morgan fingerprint density at radius 3 is 1.97 bits per heavy atom. The van der Waals surface area contributed by atoms with Gasteiger partial charge in [0.05, 0.1) is 16.7 Å². The summed E-state index contributed by atoms with van der Waals surface area (Å²) in [5, 5.41) is 2.20. The van der Waals surface area contributed by atoms with Crippen molar-refractivity contribution in [2.75, 3.05) is 0 Å². The molecule has 0 amide bonds. The Morgan fingerprint density at radius 2 is 1.16 bits per heavy atom. The minimum atomic E-state index is 0.214. The first kappa shape index (κ1) is 22.5. The zero-order chi connectivity index (χ0) is 25.4. The Balaban J connectivity index is 1.54. The third-order valence-electron chi connectivity index (χ3n) is 7.52. The second kappa shape index (κ2) is 8.15. The van der Waals surface area contributed by atoms with Gasteiger partial charge in [0.1, 0.15) is 39.2 Å². The van der Waals surface area contributed by atoms with Crippen molar-refractivity contribution >= 4 is 107 Å². The Labute approximate surface area is 223 Å². The molecule has 0 bridgehead atoms. The molecule has 1 aliphatic rings. The van der Waals surface area contributed by atoms with E-state index >= 15 is 0 Å². The summed E-state index contributed by atoms with van der Waals surface area (Å²) in [6.45, 7) is 0. The van der Waals surface area contributed by atoms with E-state index in [0.29, 0.717) is 16.5 Å². The molecular weight excluding hydrogens is 439 g/mol. The van der Waals surface area contributed by atoms with Gasteiger partial charge < -0.3 is 4.57 Å². The predicted molar refractivity (Wildman–Crippen MR) is 164 cm³/mol. The smallest absolute Gasteiger partial charge is 0.193 e. The van der Waals surface area contributed by atoms with Gasteiger partial charge in [-0.3, -0.25) is 0 Å². The lowest BCUT2D eigenvalue weighted by Gasteiger charge is -2.21. The van der Waals surface area contributed by atoms with Gasteiger partial charge in [0.2, 0.25) is 0 Å². The zero-order valence-corrected chi connectivity index (χ0v) is 20.0. The molecule has 0 atom stereocenters. The number of nitrogens with zero attached hydrogens (tertiary/aromatic N) is 1. The molecule has 0 saturated heterocycles. The van der Waals surface area contributed by atoms with Crippen LogP contribution in [0.5, 0.6) is 0 Å². The highest BCUT2D eigenvalue weighted by Gasteiger charge is 2.24. The van der Waals surface area contributed by atoms with Gasteiger partial charge in [-0.15, -0.1) is 16.4 Å². The molecule has 0 unspecified atom stereocenters. The second-order valence-corrected chi connectivity index (χ2v) is 9.50. The van der Waals surface area contributed by atoms with Gasteiger partial charge in [-0.05, 0) is 46.5 Å². The Bertz CT molecular complexity index is 1890. The molecule has 0 saturated carbocycles. The maximum atomic E-state index is 6.40. The van der Waals surface area contributed by atoms with E-state index in [9.17, 15) is 0 Å². The zero-order valence-electron chi connectivity index (χ0n) is 20.0. The normalized spacial score (nSPS) is 12.0. The fraction of sp³-hybridized carbons (Fsp3) is 0. The minimum Gasteiger partial charge on any atom is -0.309 e. The van der Waals surface area contributed by atoms with Gasteiger partial charge in [0.15, 0.2) is 7.28 Å². The van der Waals surface area contributed by atoms with Crippen molar-refractivity contribution in [2.24, 2.45) is 0 Å². The molecule has 1 aromatic heterocycles. The molecule has 5 aromatic carbocycles. The van der Waals surface area contributed by atoms with Crippen LogP contribution in [0.15, 0.2) is 84.9 Å². The standard InChI is InChI=1S/C30H14B6N/c31-26-24(27(32)29(34)30(35)28(26)33)15-12-13-22-18(14-15)16-6-2-4-10-21(16)37(22)23-11-5-9-20-25(23)17-7-1-3-8-19(17)36-20/h1-14H. The highest BCUT2D eigenvalue weighted by Crippen LogP contribution is 2.37. The van der Waals surface area contributed by atoms with Gasteiger partial charge in [-0.2, -0.15) is 0 Å². The second-order valence-electron chi connectivity index (χ2n) is 9.50. The molecule has 0 N–H and O–H groups in total. The number of para-hydroxylation sites is 1. The quantitative estimate of drug-likeness (QED) is 0.327. The van der Waals surface area contributed by atoms with Crippen LogP contribution in [-0.2, 0) is 0 Å². The van der Waals surface area contributed by atoms with E-state index in [0.717, 1.165) is 33.1 Å². The molecule has 11 radical (unpaired) electrons. The SMILES string of the molecule is [B]c1c([B])c([B])c(-c2ccc3c(c2)c2ccccc2n3-c2cccc3c2-c2ccccc2[B]3)c([B])c1[B]. The van der Waals surface area contributed by atoms with E-state index in [2.05, 4.69) is 90.7 Å². The number of aromatic nitrogens is 1. The highest BCUT2D eigenvalue weighted by atomic mass is 15.0. The molecule has 0 spiro atoms. The first-order valence-corrected chi connectivity index (χ1v) is 12.1. The van der Waals surface area contributed by atoms with Crippen LogP contribution in [0.1, 0.15) is 0 Å². The molecule has 7 heteroatoms. The lowest BCUT2D eigenvalue weighted by Crippen LogP contribution is -2.55. The van der Waals surface area contributed by atoms with Crippen LogP contribution >= 0.6 is 0 Å². The van der Waals surface area contributed by atoms with E-state index in [4.69, 9.17) is 39.2 Å². The number of fused-ring (bicyclic) bond motifs is 6. The minimum absolute atomic E-state index is 0.214. The molecule has 0 aliphatic carbocycles. The summed E-state index contributed by atoms with van der Waals surface area (Å²) in [5.41, 5.74) is 11.1. The summed E-state index contributed by atoms with van der Waals surface area (Å²) < 4.78 is 2.33. The van der Waals surface area contributed by atoms with Crippen molar-refractivity contribution in [1.82, 2.24) is 4.57 Å². The van der Waals surface area contributed by atoms with Crippen LogP contribution in [0, 0.1) is 0 Å². The number of hydrogen-bond donors (Lipinski definition) is 0. The van der Waals surface area contributed by atoms with E-state index in [1.54, 1.807) is 0 Å². The van der Waals surface area contributed by atoms with Crippen LogP contribution in [-0.4, -0.2) is 51.1 Å². The van der Waals surface area contributed by atoms with Crippen molar-refractivity contribution in [2.45, 2.75) is 0 Å². The van der Waals surface area contributed by atoms with E-state index in [1.165, 1.54) is 22.1 Å². The molecule has 157 valence electrons. The maximum Gasteiger partial charge on any atom is 0.193 e. The lowest BCUT2D eigenvalue weighted by atomic mass is 9.59. The van der Waals surface area contributed by atoms with Crippen molar-refractivity contribution in [3.05, 3.63) is 84.9 Å². The Kier molecular flexibility index (Phi) is 4.95. The van der Waals surface area contributed by atoms with Gasteiger partial charge in [0, 0.05) is 10.8 Å². The largest absolute Gasteiger partial charge is 0.309 e. The lowest BCUT2D eigenvalue weighted by molar-refractivity contribution is 1.19. The van der Waals surface area contributed by atoms with Crippen molar-refractivity contribution in [1.29, 1.82) is 0 Å². The molecule has 1 nitrogen and oxygen atoms in total. The van der Waals surface area contributed by atoms with Crippen molar-refractivity contribution in [3.8, 4) is 27.9 Å². The van der Waals surface area contributed by atoms with E-state index < -0.39 is 0 Å². The highest BCUT2D eigenvalue weighted by molar-refractivity contribution is 6.73. The summed E-state index contributed by atoms with van der Waals surface area (Å²) >= 11 is 0. The summed E-state index contributed by atoms with van der Waals surface area (Å²) in [7, 11) is 33.4. The topological polar surface area (TPSA) is 4.93 Å². The Morgan fingerprint density at radius 1 is 0.514 bits per heavy atom. The molecule has 1 aliphatic heterocycles. The summed E-state index contributed by atoms with van der Waals surface area (Å²) in [4.78, 5) is 0. The van der Waals surface area contributed by atoms with Crippen molar-refractivity contribution in [3.63, 3.8) is 0 Å². The molecule has 2 heterocycles. The van der Waals surface area contributed by atoms with Crippen LogP contribution in [0.3, 0.4) is 0 Å². The molecule has 0 fully saturated rings. The number of hydrogen-bond acceptors (Lipinski definition) is 0. The van der Waals surface area contributed by atoms with Gasteiger partial charge in [0.25, 0.3) is 0 Å². The van der Waals surface area contributed by atoms with E-state index in [1.807, 2.05) is 6.07 Å². The first-order valence-electron chi connectivity index (χ1n) is 12.1. The summed E-state index contributed by atoms with van der Waals surface area (Å²) in [6, 6.07) is 29.6. The van der Waals surface area contributed by atoms with Gasteiger partial charge in [-0.25, -0.2) is 0 Å². The number of rotatable bonds is 2. The maximum absolute atomic E-state index is 6.40. The average Bonchev–Trinajstić information content (AvgIpc) is 3.46. The van der Waals surface area contributed by atoms with Crippen LogP contribution in [0.25, 0.3) is 49.7 Å². The van der Waals surface area contributed by atoms with E-state index in [-0.39, 0.29) is 16.4 Å². The Hall–Kier alpha value is -3.71. The molecule has 7 rings (SSSR count). The molecule has 6 aromatic rings. The van der Waals surface area contributed by atoms with Gasteiger partial charge in [-0.1, -0.05) is 82.5 Å². The first-order chi connectivity index (χ1) is 18.0. The summed E-state index contributed by atoms with van der Waals surface area (Å²) in [5.74, 6) is 0. The fourth-order valence-corrected chi connectivity index (χ4v) is 5.72. The van der Waals surface area contributed by atoms with Crippen molar-refractivity contribution < 1.29 is 0 Å². The summed E-state index contributed by atoms with van der Waals surface area (Å²) in [6.07, 6.45) is 0. The van der Waals surface area contributed by atoms with Crippen LogP contribution in [0.2, 0.25) is 0 Å². The molecule has 37 heavy (non-hydrogen) atoms. The van der Waals surface area contributed by atoms with Gasteiger partial charge >= 0.3 is 0 Å². The third kappa shape index (κ3) is 3.13.